The van der Waals surface area contributed by atoms with E-state index in [-0.39, 0.29) is 36.4 Å². The van der Waals surface area contributed by atoms with Gasteiger partial charge >= 0.3 is 0 Å². The number of fused-ring (bicyclic) bond motifs is 21. The van der Waals surface area contributed by atoms with Crippen LogP contribution in [0.1, 0.15) is 79.0 Å². The molecule has 0 radical (unpaired) electrons. The second kappa shape index (κ2) is 25.9. The highest BCUT2D eigenvalue weighted by atomic mass is 32.2. The Balaban J connectivity index is 0.761. The van der Waals surface area contributed by atoms with Crippen LogP contribution in [0.4, 0.5) is 79.6 Å². The van der Waals surface area contributed by atoms with Crippen molar-refractivity contribution in [3.05, 3.63) is 296 Å². The number of para-hydroxylation sites is 10. The summed E-state index contributed by atoms with van der Waals surface area (Å²) in [6.07, 6.45) is 6.78. The average Bonchev–Trinajstić information content (AvgIpc) is 0.775. The van der Waals surface area contributed by atoms with Gasteiger partial charge in [0.15, 0.2) is 0 Å². The Labute approximate surface area is 713 Å². The van der Waals surface area contributed by atoms with Crippen molar-refractivity contribution in [1.82, 2.24) is 0 Å². The van der Waals surface area contributed by atoms with Gasteiger partial charge in [0.05, 0.1) is 17.1 Å². The first-order chi connectivity index (χ1) is 58.3. The molecule has 1 N–H and O–H groups in total. The molecule has 3 aromatic heterocycles. The zero-order valence-electron chi connectivity index (χ0n) is 69.0. The van der Waals surface area contributed by atoms with Crippen molar-refractivity contribution >= 4 is 251 Å². The van der Waals surface area contributed by atoms with E-state index in [1.807, 2.05) is 0 Å². The quantitative estimate of drug-likeness (QED) is 0.116. The van der Waals surface area contributed by atoms with E-state index in [2.05, 4.69) is 388 Å². The fraction of sp³-hybridized carbons (Fsp3) is 0.143. The molecule has 6 aliphatic heterocycles. The van der Waals surface area contributed by atoms with Gasteiger partial charge in [-0.25, -0.2) is 0 Å². The first-order valence-electron chi connectivity index (χ1n) is 41.7. The van der Waals surface area contributed by atoms with Crippen LogP contribution < -0.4 is 77.2 Å². The largest absolute Gasteiger partial charge is 0.455 e. The van der Waals surface area contributed by atoms with E-state index in [0.29, 0.717) is 0 Å². The van der Waals surface area contributed by atoms with E-state index in [4.69, 9.17) is 13.3 Å². The molecule has 0 atom stereocenters. The Hall–Kier alpha value is -12.3. The summed E-state index contributed by atoms with van der Waals surface area (Å²) in [5.41, 5.74) is 42.3. The molecular weight excluding hydrogens is 1520 g/mol. The molecule has 18 aromatic rings. The summed E-state index contributed by atoms with van der Waals surface area (Å²) >= 11 is 5.33. The Bertz CT molecular complexity index is 7500. The number of nitrogens with one attached hydrogen (secondary N) is 1. The molecule has 0 saturated carbocycles. The zero-order valence-corrected chi connectivity index (χ0v) is 71.4. The Morgan fingerprint density at radius 1 is 0.258 bits per heavy atom. The molecule has 15 heteroatoms. The van der Waals surface area contributed by atoms with Crippen LogP contribution in [0.3, 0.4) is 0 Å². The molecule has 6 aliphatic rings. The van der Waals surface area contributed by atoms with Crippen molar-refractivity contribution in [3.63, 3.8) is 0 Å². The van der Waals surface area contributed by atoms with Gasteiger partial charge in [-0.3, -0.25) is 12.9 Å². The van der Waals surface area contributed by atoms with Crippen molar-refractivity contribution in [1.29, 1.82) is 0 Å². The molecule has 0 aliphatic carbocycles. The second-order valence-electron chi connectivity index (χ2n) is 36.2. The predicted molar refractivity (Wildman–Crippen MR) is 520 cm³/mol. The SMILES string of the molecule is CSN1c2cc3c(cc2B2c4cc5c(cc4N(SC)c4cc(-c6cccc7c6oc6c(C(C)(C)C)cccc67)cc1c42)N(SC)c1cc(-c2cccc4c2oc2c(C(C)(C)C)cccc24)cc2c1B5c1ccccc1N2c1ccccc1)B1c2ccccc2N(c2ccccc2)c2cc(-c4cccc5c4oc4c(C(C)(C)C)cccc45)cc(c21)N3. The highest BCUT2D eigenvalue weighted by Crippen LogP contribution is 2.54. The van der Waals surface area contributed by atoms with Gasteiger partial charge in [0.25, 0.3) is 20.1 Å². The van der Waals surface area contributed by atoms with Crippen LogP contribution in [0.15, 0.2) is 292 Å². The van der Waals surface area contributed by atoms with Gasteiger partial charge in [-0.05, 0) is 203 Å². The van der Waals surface area contributed by atoms with Crippen LogP contribution in [0.5, 0.6) is 0 Å². The fourth-order valence-corrected chi connectivity index (χ4v) is 23.4. The number of furan rings is 3. The first kappa shape index (κ1) is 71.8. The van der Waals surface area contributed by atoms with Crippen LogP contribution in [-0.4, -0.2) is 38.9 Å². The molecule has 0 amide bonds. The average molecular weight is 1610 g/mol. The van der Waals surface area contributed by atoms with Crippen molar-refractivity contribution in [2.24, 2.45) is 0 Å². The minimum atomic E-state index is -0.243. The lowest BCUT2D eigenvalue weighted by Crippen LogP contribution is -2.66. The molecule has 9 heterocycles. The molecule has 0 unspecified atom stereocenters. The van der Waals surface area contributed by atoms with Crippen molar-refractivity contribution in [2.75, 3.05) is 46.8 Å². The zero-order chi connectivity index (χ0) is 81.0. The second-order valence-corrected chi connectivity index (χ2v) is 38.4. The Morgan fingerprint density at radius 3 is 0.992 bits per heavy atom. The van der Waals surface area contributed by atoms with Crippen molar-refractivity contribution < 1.29 is 13.3 Å². The van der Waals surface area contributed by atoms with Gasteiger partial charge in [-0.1, -0.05) is 256 Å². The van der Waals surface area contributed by atoms with E-state index in [1.54, 1.807) is 35.8 Å². The number of benzene rings is 15. The van der Waals surface area contributed by atoms with Gasteiger partial charge in [-0.2, -0.15) is 0 Å². The standard InChI is InChI=1S/C105H83B3N6O3S3/c1-103(2,3)73-42-26-39-70-67-36-23-33-64(97(67)115-100(70)73)59-49-83-94-89(50-59)110(62-29-15-13-16-30-62)84-47-21-19-45-76(84)106(94)78-55-79-86(57-82(78)109-83)112(118-10)92-53-61(66-35-25-38-69-72-41-28-44-75(105(7,8)9)102(72)117-99(66)69)54-93-96(92)108(79)81-56-80-87(58-88(81)114(93)120-12)113(119-11)91-52-60(65-34-24-37-68-71-40-27-43-74(104(4,5)6)101(71)116-98(65)68)51-90-95(91)107(80)77-46-20-22-48-85(77)111(90)63-31-17-14-18-32-63/h13-58,109H,1-12H3. The molecule has 0 spiro atoms. The van der Waals surface area contributed by atoms with Crippen LogP contribution in [0.25, 0.3) is 99.2 Å². The third-order valence-corrected chi connectivity index (χ3v) is 28.7. The molecule has 0 fully saturated rings. The minimum Gasteiger partial charge on any atom is -0.455 e. The maximum atomic E-state index is 7.36. The summed E-state index contributed by atoms with van der Waals surface area (Å²) < 4.78 is 29.6. The highest BCUT2D eigenvalue weighted by molar-refractivity contribution is 8.01. The van der Waals surface area contributed by atoms with Gasteiger partial charge in [0.1, 0.15) is 33.5 Å². The molecule has 578 valence electrons. The predicted octanol–water partition coefficient (Wildman–Crippen LogP) is 23.6. The van der Waals surface area contributed by atoms with E-state index in [1.165, 1.54) is 65.9 Å². The van der Waals surface area contributed by atoms with Gasteiger partial charge in [0, 0.05) is 147 Å². The molecule has 0 bridgehead atoms. The molecule has 9 nitrogen and oxygen atoms in total. The maximum absolute atomic E-state index is 7.36. The first-order valence-corrected chi connectivity index (χ1v) is 45.3. The molecule has 24 rings (SSSR count). The number of hydrogen-bond acceptors (Lipinski definition) is 12. The molecule has 0 saturated heterocycles. The third kappa shape index (κ3) is 10.2. The number of anilines is 14. The Morgan fingerprint density at radius 2 is 0.583 bits per heavy atom. The van der Waals surface area contributed by atoms with E-state index in [0.717, 1.165) is 179 Å². The van der Waals surface area contributed by atoms with E-state index in [9.17, 15) is 0 Å². The smallest absolute Gasteiger partial charge is 0.252 e. The summed E-state index contributed by atoms with van der Waals surface area (Å²) in [6, 6.07) is 106. The number of nitrogens with zero attached hydrogens (tertiary/aromatic N) is 5. The highest BCUT2D eigenvalue weighted by Gasteiger charge is 2.51. The topological polar surface area (TPSA) is 67.7 Å². The lowest BCUT2D eigenvalue weighted by atomic mass is 9.29. The van der Waals surface area contributed by atoms with Gasteiger partial charge in [0.2, 0.25) is 0 Å². The molecule has 15 aromatic carbocycles. The molecule has 120 heavy (non-hydrogen) atoms. The van der Waals surface area contributed by atoms with Gasteiger partial charge < -0.3 is 28.4 Å². The lowest BCUT2D eigenvalue weighted by molar-refractivity contribution is 0.572. The maximum Gasteiger partial charge on any atom is 0.252 e. The van der Waals surface area contributed by atoms with Crippen molar-refractivity contribution in [3.8, 4) is 33.4 Å². The monoisotopic (exact) mass is 1600 g/mol. The summed E-state index contributed by atoms with van der Waals surface area (Å²) in [6.45, 7) is 19.9. The Kier molecular flexibility index (Phi) is 15.5. The van der Waals surface area contributed by atoms with Crippen LogP contribution in [0, 0.1) is 0 Å². The van der Waals surface area contributed by atoms with E-state index >= 15 is 0 Å². The number of hydrogen-bond donors (Lipinski definition) is 1. The number of rotatable bonds is 8. The van der Waals surface area contributed by atoms with E-state index < -0.39 is 0 Å². The third-order valence-electron chi connectivity index (χ3n) is 26.5. The van der Waals surface area contributed by atoms with Crippen molar-refractivity contribution in [2.45, 2.75) is 78.6 Å². The minimum absolute atomic E-state index is 0.132. The molecular formula is C105H83B3N6O3S3. The van der Waals surface area contributed by atoms with Gasteiger partial charge in [-0.15, -0.1) is 0 Å². The summed E-state index contributed by atoms with van der Waals surface area (Å²) in [5, 5.41) is 11.0. The summed E-state index contributed by atoms with van der Waals surface area (Å²) in [4.78, 5) is 5.03. The fourth-order valence-electron chi connectivity index (χ4n) is 21.3. The summed E-state index contributed by atoms with van der Waals surface area (Å²) in [7, 11) is 0. The lowest BCUT2D eigenvalue weighted by Gasteiger charge is -2.47. The van der Waals surface area contributed by atoms with Crippen LogP contribution in [0.2, 0.25) is 0 Å². The summed E-state index contributed by atoms with van der Waals surface area (Å²) in [5.74, 6) is 0. The normalized spacial score (nSPS) is 14.2. The van der Waals surface area contributed by atoms with Crippen LogP contribution in [-0.2, 0) is 16.2 Å². The van der Waals surface area contributed by atoms with Crippen LogP contribution >= 0.6 is 35.8 Å².